The van der Waals surface area contributed by atoms with Crippen molar-refractivity contribution in [1.82, 2.24) is 0 Å². The number of rotatable bonds is 3. The average Bonchev–Trinajstić information content (AvgIpc) is 2.34. The standard InChI is InChI=1S/C14H14F3N/c15-14(16,17)9-8-13(18)12-7-3-5-10-4-1-2-6-11(10)12/h1-7,13H,8-9,18H2/t13-/m0/s1. The van der Waals surface area contributed by atoms with Gasteiger partial charge >= 0.3 is 6.18 Å². The molecule has 0 saturated heterocycles. The van der Waals surface area contributed by atoms with Crippen LogP contribution in [0, 0.1) is 0 Å². The quantitative estimate of drug-likeness (QED) is 0.872. The molecule has 0 heterocycles. The topological polar surface area (TPSA) is 26.0 Å². The highest BCUT2D eigenvalue weighted by molar-refractivity contribution is 5.86. The molecule has 2 rings (SSSR count). The highest BCUT2D eigenvalue weighted by Gasteiger charge is 2.28. The van der Waals surface area contributed by atoms with E-state index in [9.17, 15) is 13.2 Å². The molecule has 1 atom stereocenters. The van der Waals surface area contributed by atoms with E-state index in [4.69, 9.17) is 5.73 Å². The fraction of sp³-hybridized carbons (Fsp3) is 0.286. The van der Waals surface area contributed by atoms with Crippen molar-refractivity contribution in [1.29, 1.82) is 0 Å². The molecule has 0 spiro atoms. The number of fused-ring (bicyclic) bond motifs is 1. The molecular weight excluding hydrogens is 239 g/mol. The summed E-state index contributed by atoms with van der Waals surface area (Å²) in [5.74, 6) is 0. The van der Waals surface area contributed by atoms with Gasteiger partial charge < -0.3 is 5.73 Å². The van der Waals surface area contributed by atoms with Gasteiger partial charge in [-0.25, -0.2) is 0 Å². The van der Waals surface area contributed by atoms with Crippen LogP contribution in [-0.2, 0) is 0 Å². The number of alkyl halides is 3. The first-order valence-corrected chi connectivity index (χ1v) is 5.77. The highest BCUT2D eigenvalue weighted by atomic mass is 19.4. The molecule has 2 aromatic carbocycles. The summed E-state index contributed by atoms with van der Waals surface area (Å²) in [6.45, 7) is 0. The number of hydrogen-bond donors (Lipinski definition) is 1. The van der Waals surface area contributed by atoms with E-state index in [2.05, 4.69) is 0 Å². The second kappa shape index (κ2) is 4.98. The Balaban J connectivity index is 2.25. The van der Waals surface area contributed by atoms with Crippen molar-refractivity contribution in [2.24, 2.45) is 5.73 Å². The molecule has 0 amide bonds. The molecule has 2 aromatic rings. The van der Waals surface area contributed by atoms with Gasteiger partial charge in [-0.05, 0) is 22.8 Å². The van der Waals surface area contributed by atoms with E-state index < -0.39 is 18.6 Å². The molecule has 0 aliphatic carbocycles. The number of halogens is 3. The molecule has 18 heavy (non-hydrogen) atoms. The summed E-state index contributed by atoms with van der Waals surface area (Å²) in [4.78, 5) is 0. The first-order valence-electron chi connectivity index (χ1n) is 5.77. The van der Waals surface area contributed by atoms with E-state index in [1.54, 1.807) is 6.07 Å². The normalized spacial score (nSPS) is 13.8. The van der Waals surface area contributed by atoms with E-state index in [1.165, 1.54) is 0 Å². The van der Waals surface area contributed by atoms with Crippen molar-refractivity contribution in [3.05, 3.63) is 48.0 Å². The second-order valence-corrected chi connectivity index (χ2v) is 4.33. The van der Waals surface area contributed by atoms with Crippen LogP contribution in [0.15, 0.2) is 42.5 Å². The summed E-state index contributed by atoms with van der Waals surface area (Å²) in [6, 6.07) is 12.5. The first kappa shape index (κ1) is 12.9. The summed E-state index contributed by atoms with van der Waals surface area (Å²) in [5, 5.41) is 1.92. The summed E-state index contributed by atoms with van der Waals surface area (Å²) in [6.07, 6.45) is -5.09. The molecule has 0 aliphatic heterocycles. The van der Waals surface area contributed by atoms with Crippen LogP contribution in [0.3, 0.4) is 0 Å². The Morgan fingerprint density at radius 2 is 1.67 bits per heavy atom. The van der Waals surface area contributed by atoms with Crippen molar-refractivity contribution in [3.63, 3.8) is 0 Å². The summed E-state index contributed by atoms with van der Waals surface area (Å²) >= 11 is 0. The maximum absolute atomic E-state index is 12.2. The monoisotopic (exact) mass is 253 g/mol. The minimum Gasteiger partial charge on any atom is -0.324 e. The molecular formula is C14H14F3N. The molecule has 2 N–H and O–H groups in total. The van der Waals surface area contributed by atoms with Crippen LogP contribution in [0.4, 0.5) is 13.2 Å². The second-order valence-electron chi connectivity index (χ2n) is 4.33. The van der Waals surface area contributed by atoms with Gasteiger partial charge in [0.25, 0.3) is 0 Å². The molecule has 4 heteroatoms. The zero-order chi connectivity index (χ0) is 13.2. The minimum absolute atomic E-state index is 0.0858. The first-order chi connectivity index (χ1) is 8.47. The number of hydrogen-bond acceptors (Lipinski definition) is 1. The number of benzene rings is 2. The predicted molar refractivity (Wildman–Crippen MR) is 66.2 cm³/mol. The fourth-order valence-electron chi connectivity index (χ4n) is 2.05. The van der Waals surface area contributed by atoms with Gasteiger partial charge in [0.05, 0.1) is 0 Å². The Kier molecular flexibility index (Phi) is 3.57. The van der Waals surface area contributed by atoms with Crippen molar-refractivity contribution >= 4 is 10.8 Å². The van der Waals surface area contributed by atoms with E-state index in [-0.39, 0.29) is 6.42 Å². The molecule has 0 bridgehead atoms. The van der Waals surface area contributed by atoms with Crippen molar-refractivity contribution in [2.75, 3.05) is 0 Å². The largest absolute Gasteiger partial charge is 0.389 e. The van der Waals surface area contributed by atoms with Crippen LogP contribution in [0.1, 0.15) is 24.4 Å². The van der Waals surface area contributed by atoms with Crippen LogP contribution < -0.4 is 5.73 Å². The van der Waals surface area contributed by atoms with Gasteiger partial charge in [-0.15, -0.1) is 0 Å². The predicted octanol–water partition coefficient (Wildman–Crippen LogP) is 4.18. The lowest BCUT2D eigenvalue weighted by atomic mass is 9.96. The lowest BCUT2D eigenvalue weighted by Crippen LogP contribution is -2.16. The van der Waals surface area contributed by atoms with Crippen molar-refractivity contribution in [2.45, 2.75) is 25.1 Å². The Morgan fingerprint density at radius 1 is 1.00 bits per heavy atom. The smallest absolute Gasteiger partial charge is 0.324 e. The maximum Gasteiger partial charge on any atom is 0.389 e. The number of nitrogens with two attached hydrogens (primary N) is 1. The summed E-state index contributed by atoms with van der Waals surface area (Å²) in [5.41, 5.74) is 6.64. The van der Waals surface area contributed by atoms with Crippen molar-refractivity contribution < 1.29 is 13.2 Å². The van der Waals surface area contributed by atoms with Gasteiger partial charge in [0, 0.05) is 12.5 Å². The molecule has 0 saturated carbocycles. The zero-order valence-electron chi connectivity index (χ0n) is 9.74. The third-order valence-corrected chi connectivity index (χ3v) is 2.96. The van der Waals surface area contributed by atoms with E-state index >= 15 is 0 Å². The van der Waals surface area contributed by atoms with Gasteiger partial charge in [0.1, 0.15) is 0 Å². The van der Waals surface area contributed by atoms with Gasteiger partial charge in [0.2, 0.25) is 0 Å². The van der Waals surface area contributed by atoms with Gasteiger partial charge in [0.15, 0.2) is 0 Å². The zero-order valence-corrected chi connectivity index (χ0v) is 9.74. The fourth-order valence-corrected chi connectivity index (χ4v) is 2.05. The Bertz CT molecular complexity index is 529. The Labute approximate surface area is 103 Å². The Hall–Kier alpha value is -1.55. The minimum atomic E-state index is -4.15. The Morgan fingerprint density at radius 3 is 2.39 bits per heavy atom. The van der Waals surface area contributed by atoms with E-state index in [0.717, 1.165) is 16.3 Å². The van der Waals surface area contributed by atoms with Crippen LogP contribution in [0.25, 0.3) is 10.8 Å². The van der Waals surface area contributed by atoms with Gasteiger partial charge in [-0.3, -0.25) is 0 Å². The average molecular weight is 253 g/mol. The van der Waals surface area contributed by atoms with Gasteiger partial charge in [-0.2, -0.15) is 13.2 Å². The molecule has 96 valence electrons. The molecule has 0 unspecified atom stereocenters. The molecule has 0 fully saturated rings. The molecule has 1 nitrogen and oxygen atoms in total. The van der Waals surface area contributed by atoms with Crippen molar-refractivity contribution in [3.8, 4) is 0 Å². The maximum atomic E-state index is 12.2. The third kappa shape index (κ3) is 3.01. The van der Waals surface area contributed by atoms with Crippen LogP contribution in [-0.4, -0.2) is 6.18 Å². The lowest BCUT2D eigenvalue weighted by molar-refractivity contribution is -0.136. The summed E-state index contributed by atoms with van der Waals surface area (Å²) < 4.78 is 36.6. The van der Waals surface area contributed by atoms with E-state index in [1.807, 2.05) is 36.4 Å². The van der Waals surface area contributed by atoms with Crippen LogP contribution in [0.5, 0.6) is 0 Å². The van der Waals surface area contributed by atoms with Gasteiger partial charge in [-0.1, -0.05) is 42.5 Å². The van der Waals surface area contributed by atoms with E-state index in [0.29, 0.717) is 0 Å². The van der Waals surface area contributed by atoms with Crippen LogP contribution >= 0.6 is 0 Å². The molecule has 0 aliphatic rings. The highest BCUT2D eigenvalue weighted by Crippen LogP contribution is 2.29. The SMILES string of the molecule is N[C@@H](CCC(F)(F)F)c1cccc2ccccc12. The third-order valence-electron chi connectivity index (χ3n) is 2.96. The lowest BCUT2D eigenvalue weighted by Gasteiger charge is -2.15. The molecule has 0 aromatic heterocycles. The van der Waals surface area contributed by atoms with Crippen LogP contribution in [0.2, 0.25) is 0 Å². The summed E-state index contributed by atoms with van der Waals surface area (Å²) in [7, 11) is 0. The molecule has 0 radical (unpaired) electrons.